The van der Waals surface area contributed by atoms with Crippen LogP contribution in [0, 0.1) is 17.8 Å². The van der Waals surface area contributed by atoms with E-state index in [1.54, 1.807) is 0 Å². The van der Waals surface area contributed by atoms with Crippen LogP contribution in [0.25, 0.3) is 38.5 Å². The zero-order chi connectivity index (χ0) is 22.8. The van der Waals surface area contributed by atoms with Crippen molar-refractivity contribution in [2.45, 2.75) is 61.3 Å². The maximum absolute atomic E-state index is 5.20. The third-order valence-corrected chi connectivity index (χ3v) is 6.09. The fourth-order valence-corrected chi connectivity index (χ4v) is 5.03. The van der Waals surface area contributed by atoms with Gasteiger partial charge in [0.2, 0.25) is 0 Å². The molecule has 0 aliphatic carbocycles. The van der Waals surface area contributed by atoms with Crippen molar-refractivity contribution in [1.82, 2.24) is 14.4 Å². The van der Waals surface area contributed by atoms with Crippen LogP contribution in [0.15, 0.2) is 48.5 Å². The predicted octanol–water partition coefficient (Wildman–Crippen LogP) is 7.67. The van der Waals surface area contributed by atoms with Gasteiger partial charge in [0.1, 0.15) is 5.65 Å². The first-order valence-electron chi connectivity index (χ1n) is 11.6. The predicted molar refractivity (Wildman–Crippen MR) is 137 cm³/mol. The second-order valence-electron chi connectivity index (χ2n) is 11.7. The van der Waals surface area contributed by atoms with Gasteiger partial charge in [-0.25, -0.2) is 4.98 Å². The van der Waals surface area contributed by atoms with Gasteiger partial charge in [-0.3, -0.25) is 9.38 Å². The quantitative estimate of drug-likeness (QED) is 0.273. The Morgan fingerprint density at radius 1 is 0.812 bits per heavy atom. The molecule has 0 N–H and O–H groups in total. The SMILES string of the molecule is Cc1cc(CC(C)(C)C)nc2c3ccccc3n3c(nc4cccc(CC(C)(C)C)c43)c12. The highest BCUT2D eigenvalue weighted by Crippen LogP contribution is 2.36. The van der Waals surface area contributed by atoms with Gasteiger partial charge in [-0.2, -0.15) is 0 Å². The molecule has 5 rings (SSSR count). The second kappa shape index (κ2) is 7.03. The molecule has 3 heteroatoms. The summed E-state index contributed by atoms with van der Waals surface area (Å²) in [5, 5.41) is 2.36. The van der Waals surface area contributed by atoms with Crippen molar-refractivity contribution in [3.8, 4) is 0 Å². The van der Waals surface area contributed by atoms with Crippen molar-refractivity contribution in [2.75, 3.05) is 0 Å². The Morgan fingerprint density at radius 2 is 1.53 bits per heavy atom. The van der Waals surface area contributed by atoms with Crippen LogP contribution in [-0.2, 0) is 12.8 Å². The van der Waals surface area contributed by atoms with Gasteiger partial charge >= 0.3 is 0 Å². The van der Waals surface area contributed by atoms with Crippen LogP contribution in [0.4, 0.5) is 0 Å². The third-order valence-electron chi connectivity index (χ3n) is 6.09. The standard InChI is InChI=1S/C29H33N3/c1-18-15-20(17-29(5,6)7)30-25-21-12-8-9-14-23(21)32-26-19(16-28(2,3)4)11-10-13-22(26)31-27(32)24(18)25/h8-15H,16-17H2,1-7H3. The lowest BCUT2D eigenvalue weighted by atomic mass is 9.87. The molecule has 0 aliphatic heterocycles. The first-order chi connectivity index (χ1) is 15.0. The van der Waals surface area contributed by atoms with Crippen LogP contribution in [0.3, 0.4) is 0 Å². The van der Waals surface area contributed by atoms with Crippen molar-refractivity contribution < 1.29 is 0 Å². The number of aromatic nitrogens is 3. The van der Waals surface area contributed by atoms with Gasteiger partial charge in [0.25, 0.3) is 0 Å². The van der Waals surface area contributed by atoms with Gasteiger partial charge in [0, 0.05) is 16.5 Å². The Kier molecular flexibility index (Phi) is 4.60. The molecule has 0 amide bonds. The number of pyridine rings is 2. The molecule has 3 nitrogen and oxygen atoms in total. The van der Waals surface area contributed by atoms with Crippen LogP contribution < -0.4 is 0 Å². The number of nitrogens with zero attached hydrogens (tertiary/aromatic N) is 3. The van der Waals surface area contributed by atoms with Gasteiger partial charge < -0.3 is 0 Å². The summed E-state index contributed by atoms with van der Waals surface area (Å²) in [5.41, 5.74) is 9.69. The van der Waals surface area contributed by atoms with Gasteiger partial charge in [0.15, 0.2) is 0 Å². The number of hydrogen-bond acceptors (Lipinski definition) is 2. The highest BCUT2D eigenvalue weighted by Gasteiger charge is 2.21. The molecule has 32 heavy (non-hydrogen) atoms. The summed E-state index contributed by atoms with van der Waals surface area (Å²) in [6.45, 7) is 15.9. The summed E-state index contributed by atoms with van der Waals surface area (Å²) in [7, 11) is 0. The Labute approximate surface area is 190 Å². The zero-order valence-electron chi connectivity index (χ0n) is 20.4. The number of hydrogen-bond donors (Lipinski definition) is 0. The maximum Gasteiger partial charge on any atom is 0.148 e. The number of imidazole rings is 1. The molecule has 0 spiro atoms. The van der Waals surface area contributed by atoms with Crippen LogP contribution in [0.1, 0.15) is 58.4 Å². The molecule has 3 heterocycles. The van der Waals surface area contributed by atoms with Crippen molar-refractivity contribution >= 4 is 38.5 Å². The van der Waals surface area contributed by atoms with E-state index in [-0.39, 0.29) is 10.8 Å². The van der Waals surface area contributed by atoms with Crippen molar-refractivity contribution in [3.63, 3.8) is 0 Å². The van der Waals surface area contributed by atoms with E-state index in [0.29, 0.717) is 0 Å². The summed E-state index contributed by atoms with van der Waals surface area (Å²) in [6, 6.07) is 17.5. The van der Waals surface area contributed by atoms with E-state index in [4.69, 9.17) is 9.97 Å². The molecule has 0 radical (unpaired) electrons. The molecule has 0 atom stereocenters. The zero-order valence-corrected chi connectivity index (χ0v) is 20.4. The lowest BCUT2D eigenvalue weighted by Gasteiger charge is -2.20. The average Bonchev–Trinajstić information content (AvgIpc) is 3.06. The minimum absolute atomic E-state index is 0.191. The van der Waals surface area contributed by atoms with Crippen LogP contribution in [0.2, 0.25) is 0 Å². The van der Waals surface area contributed by atoms with E-state index in [0.717, 1.165) is 35.2 Å². The lowest BCUT2D eigenvalue weighted by Crippen LogP contribution is -2.11. The van der Waals surface area contributed by atoms with E-state index < -0.39 is 0 Å². The van der Waals surface area contributed by atoms with E-state index in [2.05, 4.69) is 101 Å². The number of fused-ring (bicyclic) bond motifs is 8. The molecule has 0 unspecified atom stereocenters. The second-order valence-corrected chi connectivity index (χ2v) is 11.7. The topological polar surface area (TPSA) is 30.2 Å². The minimum atomic E-state index is 0.191. The largest absolute Gasteiger partial charge is 0.291 e. The van der Waals surface area contributed by atoms with E-state index in [1.807, 2.05) is 0 Å². The molecule has 0 saturated heterocycles. The van der Waals surface area contributed by atoms with Crippen molar-refractivity contribution in [2.24, 2.45) is 10.8 Å². The first-order valence-corrected chi connectivity index (χ1v) is 11.6. The van der Waals surface area contributed by atoms with Gasteiger partial charge in [-0.15, -0.1) is 0 Å². The minimum Gasteiger partial charge on any atom is -0.291 e. The normalized spacial score (nSPS) is 13.1. The molecule has 164 valence electrons. The van der Waals surface area contributed by atoms with Crippen LogP contribution >= 0.6 is 0 Å². The first kappa shape index (κ1) is 20.9. The number of para-hydroxylation sites is 2. The van der Waals surface area contributed by atoms with Crippen molar-refractivity contribution in [1.29, 1.82) is 0 Å². The van der Waals surface area contributed by atoms with Crippen LogP contribution in [0.5, 0.6) is 0 Å². The highest BCUT2D eigenvalue weighted by atomic mass is 15.0. The molecule has 0 bridgehead atoms. The summed E-state index contributed by atoms with van der Waals surface area (Å²) in [6.07, 6.45) is 1.96. The number of benzene rings is 2. The Hall–Kier alpha value is -2.94. The molecule has 2 aromatic carbocycles. The van der Waals surface area contributed by atoms with Gasteiger partial charge in [0.05, 0.1) is 22.1 Å². The molecule has 0 saturated carbocycles. The summed E-state index contributed by atoms with van der Waals surface area (Å²) >= 11 is 0. The van der Waals surface area contributed by atoms with Crippen LogP contribution in [-0.4, -0.2) is 14.4 Å². The smallest absolute Gasteiger partial charge is 0.148 e. The van der Waals surface area contributed by atoms with Gasteiger partial charge in [-0.1, -0.05) is 71.9 Å². The number of rotatable bonds is 2. The fraction of sp³-hybridized carbons (Fsp3) is 0.379. The van der Waals surface area contributed by atoms with Crippen molar-refractivity contribution in [3.05, 3.63) is 65.4 Å². The molecule has 0 fully saturated rings. The summed E-state index contributed by atoms with van der Waals surface area (Å²) in [5.74, 6) is 0. The van der Waals surface area contributed by atoms with E-state index >= 15 is 0 Å². The third kappa shape index (κ3) is 3.54. The summed E-state index contributed by atoms with van der Waals surface area (Å²) in [4.78, 5) is 10.4. The molecular formula is C29H33N3. The molecule has 0 aliphatic rings. The lowest BCUT2D eigenvalue weighted by molar-refractivity contribution is 0.407. The monoisotopic (exact) mass is 423 g/mol. The van der Waals surface area contributed by atoms with E-state index in [1.165, 1.54) is 32.9 Å². The fourth-order valence-electron chi connectivity index (χ4n) is 5.03. The Balaban J connectivity index is 1.96. The average molecular weight is 424 g/mol. The van der Waals surface area contributed by atoms with E-state index in [9.17, 15) is 0 Å². The summed E-state index contributed by atoms with van der Waals surface area (Å²) < 4.78 is 2.38. The molecular weight excluding hydrogens is 390 g/mol. The van der Waals surface area contributed by atoms with Gasteiger partial charge in [-0.05, 0) is 59.9 Å². The molecule has 3 aromatic heterocycles. The Morgan fingerprint density at radius 3 is 2.25 bits per heavy atom. The number of aryl methyl sites for hydroxylation is 1. The highest BCUT2D eigenvalue weighted by molar-refractivity contribution is 6.13. The molecule has 5 aromatic rings. The maximum atomic E-state index is 5.20. The Bertz CT molecular complexity index is 1490.